The molecule has 0 bridgehead atoms. The number of benzene rings is 2. The van der Waals surface area contributed by atoms with Crippen LogP contribution in [0.2, 0.25) is 0 Å². The lowest BCUT2D eigenvalue weighted by molar-refractivity contribution is 0.0628. The fourth-order valence-electron chi connectivity index (χ4n) is 3.63. The van der Waals surface area contributed by atoms with Crippen LogP contribution in [-0.2, 0) is 6.54 Å². The maximum atomic E-state index is 12.7. The van der Waals surface area contributed by atoms with Gasteiger partial charge in [-0.2, -0.15) is 0 Å². The average molecular weight is 387 g/mol. The molecule has 5 heteroatoms. The Morgan fingerprint density at radius 2 is 1.48 bits per heavy atom. The van der Waals surface area contributed by atoms with E-state index in [1.54, 1.807) is 7.11 Å². The van der Waals surface area contributed by atoms with Crippen LogP contribution in [0.15, 0.2) is 73.1 Å². The molecule has 0 unspecified atom stereocenters. The zero-order valence-electron chi connectivity index (χ0n) is 16.6. The van der Waals surface area contributed by atoms with Gasteiger partial charge in [-0.25, -0.2) is 0 Å². The van der Waals surface area contributed by atoms with Crippen LogP contribution in [0.25, 0.3) is 11.1 Å². The molecule has 0 atom stereocenters. The Labute approximate surface area is 171 Å². The summed E-state index contributed by atoms with van der Waals surface area (Å²) in [6, 6.07) is 20.1. The summed E-state index contributed by atoms with van der Waals surface area (Å²) in [5.41, 5.74) is 4.38. The minimum atomic E-state index is 0.0917. The molecule has 29 heavy (non-hydrogen) atoms. The Morgan fingerprint density at radius 3 is 2.10 bits per heavy atom. The molecule has 0 radical (unpaired) electrons. The van der Waals surface area contributed by atoms with E-state index in [1.165, 1.54) is 16.7 Å². The largest absolute Gasteiger partial charge is 0.497 e. The van der Waals surface area contributed by atoms with Crippen molar-refractivity contribution >= 4 is 5.91 Å². The number of rotatable bonds is 5. The molecule has 0 N–H and O–H groups in total. The first-order valence-electron chi connectivity index (χ1n) is 9.88. The zero-order chi connectivity index (χ0) is 20.1. The second-order valence-electron chi connectivity index (χ2n) is 7.23. The van der Waals surface area contributed by atoms with Gasteiger partial charge in [0.2, 0.25) is 0 Å². The van der Waals surface area contributed by atoms with E-state index in [1.807, 2.05) is 53.7 Å². The minimum absolute atomic E-state index is 0.0917. The average Bonchev–Trinajstić information content (AvgIpc) is 2.80. The molecule has 5 nitrogen and oxygen atoms in total. The molecule has 0 spiro atoms. The number of hydrogen-bond acceptors (Lipinski definition) is 4. The highest BCUT2D eigenvalue weighted by Gasteiger charge is 2.22. The van der Waals surface area contributed by atoms with Crippen molar-refractivity contribution in [2.75, 3.05) is 33.3 Å². The topological polar surface area (TPSA) is 45.7 Å². The molecule has 148 valence electrons. The Balaban J connectivity index is 1.31. The van der Waals surface area contributed by atoms with Gasteiger partial charge in [-0.05, 0) is 53.1 Å². The van der Waals surface area contributed by atoms with Crippen LogP contribution in [0.4, 0.5) is 0 Å². The van der Waals surface area contributed by atoms with Crippen molar-refractivity contribution in [2.45, 2.75) is 6.54 Å². The van der Waals surface area contributed by atoms with Crippen LogP contribution in [0.5, 0.6) is 5.75 Å². The number of carbonyl (C=O) groups excluding carboxylic acids is 1. The summed E-state index contributed by atoms with van der Waals surface area (Å²) in [6.07, 6.45) is 3.63. The standard InChI is InChI=1S/C24H25N3O2/c1-29-23-8-6-22(7-9-23)24(28)27-16-14-26(15-17-27)18-19-2-4-20(5-3-19)21-10-12-25-13-11-21/h2-13H,14-18H2,1H3. The molecule has 4 rings (SSSR count). The van der Waals surface area contributed by atoms with Crippen LogP contribution in [-0.4, -0.2) is 54.0 Å². The zero-order valence-corrected chi connectivity index (χ0v) is 16.6. The third-order valence-corrected chi connectivity index (χ3v) is 5.37. The van der Waals surface area contributed by atoms with Crippen molar-refractivity contribution in [1.82, 2.24) is 14.8 Å². The fraction of sp³-hybridized carbons (Fsp3) is 0.250. The summed E-state index contributed by atoms with van der Waals surface area (Å²) in [7, 11) is 1.63. The molecule has 1 aromatic heterocycles. The van der Waals surface area contributed by atoms with Gasteiger partial charge in [-0.1, -0.05) is 24.3 Å². The van der Waals surface area contributed by atoms with Crippen molar-refractivity contribution in [3.05, 3.63) is 84.2 Å². The highest BCUT2D eigenvalue weighted by Crippen LogP contribution is 2.20. The molecule has 1 aliphatic rings. The fourth-order valence-corrected chi connectivity index (χ4v) is 3.63. The number of aromatic nitrogens is 1. The van der Waals surface area contributed by atoms with E-state index in [0.717, 1.165) is 38.5 Å². The van der Waals surface area contributed by atoms with Crippen LogP contribution in [0.3, 0.4) is 0 Å². The van der Waals surface area contributed by atoms with Crippen LogP contribution in [0.1, 0.15) is 15.9 Å². The number of methoxy groups -OCH3 is 1. The van der Waals surface area contributed by atoms with Gasteiger partial charge in [-0.15, -0.1) is 0 Å². The Hall–Kier alpha value is -3.18. The number of nitrogens with zero attached hydrogens (tertiary/aromatic N) is 3. The predicted octanol–water partition coefficient (Wildman–Crippen LogP) is 3.72. The lowest BCUT2D eigenvalue weighted by atomic mass is 10.0. The first kappa shape index (κ1) is 19.2. The third-order valence-electron chi connectivity index (χ3n) is 5.37. The van der Waals surface area contributed by atoms with Gasteiger partial charge < -0.3 is 9.64 Å². The molecule has 1 aliphatic heterocycles. The van der Waals surface area contributed by atoms with E-state index >= 15 is 0 Å². The molecular weight excluding hydrogens is 362 g/mol. The SMILES string of the molecule is COc1ccc(C(=O)N2CCN(Cc3ccc(-c4ccncc4)cc3)CC2)cc1. The van der Waals surface area contributed by atoms with Gasteiger partial charge in [0.15, 0.2) is 0 Å². The van der Waals surface area contributed by atoms with E-state index < -0.39 is 0 Å². The summed E-state index contributed by atoms with van der Waals surface area (Å²) in [4.78, 5) is 21.1. The predicted molar refractivity (Wildman–Crippen MR) is 114 cm³/mol. The smallest absolute Gasteiger partial charge is 0.253 e. The summed E-state index contributed by atoms with van der Waals surface area (Å²) in [6.45, 7) is 4.17. The van der Waals surface area contributed by atoms with Crippen LogP contribution < -0.4 is 4.74 Å². The third kappa shape index (κ3) is 4.63. The monoisotopic (exact) mass is 387 g/mol. The van der Waals surface area contributed by atoms with Crippen LogP contribution in [0, 0.1) is 0 Å². The number of pyridine rings is 1. The number of piperazine rings is 1. The molecular formula is C24H25N3O2. The summed E-state index contributed by atoms with van der Waals surface area (Å²) in [5, 5.41) is 0. The van der Waals surface area contributed by atoms with Gasteiger partial charge in [0.05, 0.1) is 7.11 Å². The Kier molecular flexibility index (Phi) is 5.86. The van der Waals surface area contributed by atoms with E-state index in [2.05, 4.69) is 34.1 Å². The second kappa shape index (κ2) is 8.88. The van der Waals surface area contributed by atoms with E-state index in [-0.39, 0.29) is 5.91 Å². The lowest BCUT2D eigenvalue weighted by Crippen LogP contribution is -2.48. The van der Waals surface area contributed by atoms with Crippen molar-refractivity contribution in [2.24, 2.45) is 0 Å². The molecule has 1 amide bonds. The highest BCUT2D eigenvalue weighted by molar-refractivity contribution is 5.94. The van der Waals surface area contributed by atoms with E-state index in [9.17, 15) is 4.79 Å². The normalized spacial score (nSPS) is 14.6. The lowest BCUT2D eigenvalue weighted by Gasteiger charge is -2.34. The maximum absolute atomic E-state index is 12.7. The Morgan fingerprint density at radius 1 is 0.862 bits per heavy atom. The quantitative estimate of drug-likeness (QED) is 0.669. The van der Waals surface area contributed by atoms with E-state index in [4.69, 9.17) is 4.74 Å². The number of amides is 1. The maximum Gasteiger partial charge on any atom is 0.253 e. The Bertz CT molecular complexity index is 932. The van der Waals surface area contributed by atoms with Gasteiger partial charge in [-0.3, -0.25) is 14.7 Å². The van der Waals surface area contributed by atoms with Crippen molar-refractivity contribution < 1.29 is 9.53 Å². The van der Waals surface area contributed by atoms with E-state index in [0.29, 0.717) is 5.56 Å². The van der Waals surface area contributed by atoms with Gasteiger partial charge in [0, 0.05) is 50.7 Å². The number of carbonyl (C=O) groups is 1. The molecule has 2 aromatic carbocycles. The number of hydrogen-bond donors (Lipinski definition) is 0. The van der Waals surface area contributed by atoms with Gasteiger partial charge in [0.25, 0.3) is 5.91 Å². The number of ether oxygens (including phenoxy) is 1. The molecule has 3 aromatic rings. The first-order chi connectivity index (χ1) is 14.2. The van der Waals surface area contributed by atoms with Crippen molar-refractivity contribution in [3.8, 4) is 16.9 Å². The summed E-state index contributed by atoms with van der Waals surface area (Å²) in [5.74, 6) is 0.857. The van der Waals surface area contributed by atoms with Crippen molar-refractivity contribution in [3.63, 3.8) is 0 Å². The first-order valence-corrected chi connectivity index (χ1v) is 9.88. The van der Waals surface area contributed by atoms with Crippen molar-refractivity contribution in [1.29, 1.82) is 0 Å². The minimum Gasteiger partial charge on any atom is -0.497 e. The second-order valence-corrected chi connectivity index (χ2v) is 7.23. The summed E-state index contributed by atoms with van der Waals surface area (Å²) >= 11 is 0. The molecule has 1 saturated heterocycles. The van der Waals surface area contributed by atoms with Crippen LogP contribution >= 0.6 is 0 Å². The van der Waals surface area contributed by atoms with Gasteiger partial charge >= 0.3 is 0 Å². The summed E-state index contributed by atoms with van der Waals surface area (Å²) < 4.78 is 5.16. The highest BCUT2D eigenvalue weighted by atomic mass is 16.5. The molecule has 0 saturated carbocycles. The van der Waals surface area contributed by atoms with Gasteiger partial charge in [0.1, 0.15) is 5.75 Å². The molecule has 2 heterocycles. The molecule has 1 fully saturated rings. The molecule has 0 aliphatic carbocycles.